The molecule has 3 nitrogen and oxygen atoms in total. The van der Waals surface area contributed by atoms with E-state index in [-0.39, 0.29) is 57.2 Å². The first kappa shape index (κ1) is 21.1. The summed E-state index contributed by atoms with van der Waals surface area (Å²) in [6.45, 7) is 0. The number of hydrogen-bond donors (Lipinski definition) is 0. The molecule has 0 amide bonds. The van der Waals surface area contributed by atoms with Crippen LogP contribution in [0.5, 0.6) is 0 Å². The SMILES string of the molecule is [2H]c1c([2H])c([2H])c2c(-c3cccc(-c4nc(Cl)nc(-c5ccc(-c6cccc7ccccc67)cc5)n4)c3)c([2H])c([2H])c(-c3ccccc3)c2c1[2H]. The van der Waals surface area contributed by atoms with Crippen molar-refractivity contribution in [1.29, 1.82) is 0 Å². The summed E-state index contributed by atoms with van der Waals surface area (Å²) in [5.41, 5.74) is 5.01. The second-order valence-electron chi connectivity index (χ2n) is 10.6. The Kier molecular flexibility index (Phi) is 5.38. The quantitative estimate of drug-likeness (QED) is 0.197. The molecule has 0 bridgehead atoms. The molecule has 1 heterocycles. The third kappa shape index (κ3) is 5.14. The van der Waals surface area contributed by atoms with Crippen molar-refractivity contribution in [1.82, 2.24) is 15.0 Å². The van der Waals surface area contributed by atoms with Crippen LogP contribution in [0.2, 0.25) is 5.28 Å². The van der Waals surface area contributed by atoms with Crippen molar-refractivity contribution < 1.29 is 8.22 Å². The molecular weight excluding hydrogens is 570 g/mol. The van der Waals surface area contributed by atoms with Crippen molar-refractivity contribution in [3.8, 4) is 56.2 Å². The van der Waals surface area contributed by atoms with E-state index in [1.165, 1.54) is 0 Å². The lowest BCUT2D eigenvalue weighted by Gasteiger charge is -2.13. The fourth-order valence-electron chi connectivity index (χ4n) is 5.67. The number of benzene rings is 7. The van der Waals surface area contributed by atoms with Gasteiger partial charge in [0, 0.05) is 11.1 Å². The molecule has 0 aliphatic rings. The van der Waals surface area contributed by atoms with Crippen molar-refractivity contribution >= 4 is 33.1 Å². The second-order valence-corrected chi connectivity index (χ2v) is 10.9. The van der Waals surface area contributed by atoms with E-state index < -0.39 is 12.1 Å². The molecule has 8 aromatic rings. The van der Waals surface area contributed by atoms with E-state index in [2.05, 4.69) is 34.2 Å². The summed E-state index contributed by atoms with van der Waals surface area (Å²) < 4.78 is 53.0. The molecule has 0 spiro atoms. The third-order valence-corrected chi connectivity index (χ3v) is 7.99. The maximum absolute atomic E-state index is 9.17. The first-order valence-electron chi connectivity index (χ1n) is 17.4. The Labute approximate surface area is 274 Å². The number of nitrogens with zero attached hydrogens (tertiary/aromatic N) is 3. The molecule has 7 aromatic carbocycles. The molecule has 0 atom stereocenters. The zero-order chi connectivity index (χ0) is 35.4. The standard InChI is InChI=1S/C41H26ClN3/c42-41-44-39(30-22-20-29(21-23-30)34-19-9-13-28-12-4-5-16-33(28)34)43-40(45-41)32-15-8-14-31(26-32)36-25-24-35(27-10-2-1-3-11-27)37-17-6-7-18-38(36)37/h1-26H/i6D,7D,17D,18D,24D,25D. The van der Waals surface area contributed by atoms with Crippen LogP contribution in [0.15, 0.2) is 158 Å². The Morgan fingerprint density at radius 1 is 0.422 bits per heavy atom. The lowest BCUT2D eigenvalue weighted by molar-refractivity contribution is 1.07. The van der Waals surface area contributed by atoms with Crippen molar-refractivity contribution in [2.45, 2.75) is 0 Å². The zero-order valence-corrected chi connectivity index (χ0v) is 24.5. The summed E-state index contributed by atoms with van der Waals surface area (Å²) in [5, 5.41) is 2.67. The summed E-state index contributed by atoms with van der Waals surface area (Å²) in [6.07, 6.45) is 0. The molecule has 8 rings (SSSR count). The smallest absolute Gasteiger partial charge is 0.208 e. The summed E-state index contributed by atoms with van der Waals surface area (Å²) in [4.78, 5) is 13.6. The van der Waals surface area contributed by atoms with Crippen LogP contribution in [-0.2, 0) is 0 Å². The molecule has 45 heavy (non-hydrogen) atoms. The number of rotatable bonds is 5. The number of fused-ring (bicyclic) bond motifs is 2. The van der Waals surface area contributed by atoms with Crippen LogP contribution in [0.3, 0.4) is 0 Å². The molecule has 1 aromatic heterocycles. The van der Waals surface area contributed by atoms with E-state index >= 15 is 0 Å². The van der Waals surface area contributed by atoms with Crippen molar-refractivity contribution in [3.05, 3.63) is 163 Å². The van der Waals surface area contributed by atoms with Crippen molar-refractivity contribution in [3.63, 3.8) is 0 Å². The van der Waals surface area contributed by atoms with Crippen LogP contribution in [-0.4, -0.2) is 15.0 Å². The van der Waals surface area contributed by atoms with Crippen LogP contribution in [0, 0.1) is 0 Å². The van der Waals surface area contributed by atoms with E-state index in [4.69, 9.17) is 23.4 Å². The molecule has 4 heteroatoms. The molecule has 0 N–H and O–H groups in total. The van der Waals surface area contributed by atoms with E-state index in [1.807, 2.05) is 48.5 Å². The third-order valence-electron chi connectivity index (χ3n) is 7.82. The highest BCUT2D eigenvalue weighted by molar-refractivity contribution is 6.28. The summed E-state index contributed by atoms with van der Waals surface area (Å²) >= 11 is 6.47. The van der Waals surface area contributed by atoms with E-state index in [1.54, 1.807) is 48.5 Å². The van der Waals surface area contributed by atoms with Crippen LogP contribution < -0.4 is 0 Å². The Morgan fingerprint density at radius 2 is 0.978 bits per heavy atom. The minimum absolute atomic E-state index is 0.0000580. The van der Waals surface area contributed by atoms with Crippen LogP contribution in [0.1, 0.15) is 8.22 Å². The Morgan fingerprint density at radius 3 is 1.76 bits per heavy atom. The summed E-state index contributed by atoms with van der Waals surface area (Å²) in [5.74, 6) is 0.663. The first-order chi connectivity index (χ1) is 24.7. The van der Waals surface area contributed by atoms with Gasteiger partial charge in [0.1, 0.15) is 0 Å². The minimum Gasteiger partial charge on any atom is -0.208 e. The lowest BCUT2D eigenvalue weighted by Crippen LogP contribution is -1.97. The van der Waals surface area contributed by atoms with E-state index in [0.717, 1.165) is 27.5 Å². The van der Waals surface area contributed by atoms with Crippen LogP contribution in [0.4, 0.5) is 0 Å². The molecule has 212 valence electrons. The van der Waals surface area contributed by atoms with E-state index in [9.17, 15) is 1.37 Å². The topological polar surface area (TPSA) is 38.7 Å². The van der Waals surface area contributed by atoms with Crippen LogP contribution in [0.25, 0.3) is 77.7 Å². The van der Waals surface area contributed by atoms with Gasteiger partial charge < -0.3 is 0 Å². The number of halogens is 1. The van der Waals surface area contributed by atoms with Gasteiger partial charge in [0.2, 0.25) is 5.28 Å². The maximum Gasteiger partial charge on any atom is 0.226 e. The van der Waals surface area contributed by atoms with Gasteiger partial charge >= 0.3 is 0 Å². The Bertz CT molecular complexity index is 2660. The van der Waals surface area contributed by atoms with Gasteiger partial charge in [0.15, 0.2) is 11.6 Å². The highest BCUT2D eigenvalue weighted by Crippen LogP contribution is 2.37. The second kappa shape index (κ2) is 11.5. The fraction of sp³-hybridized carbons (Fsp3) is 0. The Hall–Kier alpha value is -5.64. The van der Waals surface area contributed by atoms with Gasteiger partial charge in [-0.05, 0) is 72.6 Å². The minimum atomic E-state index is -0.415. The largest absolute Gasteiger partial charge is 0.226 e. The fourth-order valence-corrected chi connectivity index (χ4v) is 5.83. The summed E-state index contributed by atoms with van der Waals surface area (Å²) in [6, 6.07) is 36.7. The van der Waals surface area contributed by atoms with Gasteiger partial charge in [-0.3, -0.25) is 0 Å². The monoisotopic (exact) mass is 601 g/mol. The molecule has 0 unspecified atom stereocenters. The van der Waals surface area contributed by atoms with Gasteiger partial charge in [-0.1, -0.05) is 152 Å². The van der Waals surface area contributed by atoms with Gasteiger partial charge in [-0.15, -0.1) is 0 Å². The highest BCUT2D eigenvalue weighted by Gasteiger charge is 2.14. The average Bonchev–Trinajstić information content (AvgIpc) is 3.17. The average molecular weight is 602 g/mol. The highest BCUT2D eigenvalue weighted by atomic mass is 35.5. The Balaban J connectivity index is 1.25. The van der Waals surface area contributed by atoms with Crippen molar-refractivity contribution in [2.75, 3.05) is 0 Å². The molecule has 0 radical (unpaired) electrons. The van der Waals surface area contributed by atoms with Gasteiger partial charge in [0.25, 0.3) is 0 Å². The molecule has 0 saturated heterocycles. The van der Waals surface area contributed by atoms with Crippen molar-refractivity contribution in [2.24, 2.45) is 0 Å². The predicted octanol–water partition coefficient (Wildman–Crippen LogP) is 11.2. The van der Waals surface area contributed by atoms with E-state index in [0.29, 0.717) is 22.5 Å². The number of hydrogen-bond acceptors (Lipinski definition) is 3. The summed E-state index contributed by atoms with van der Waals surface area (Å²) in [7, 11) is 0. The normalized spacial score (nSPS) is 13.1. The number of aromatic nitrogens is 3. The van der Waals surface area contributed by atoms with Gasteiger partial charge in [0.05, 0.1) is 8.22 Å². The molecule has 0 fully saturated rings. The maximum atomic E-state index is 9.17. The molecule has 0 saturated carbocycles. The van der Waals surface area contributed by atoms with Gasteiger partial charge in [-0.2, -0.15) is 9.97 Å². The first-order valence-corrected chi connectivity index (χ1v) is 14.8. The van der Waals surface area contributed by atoms with Crippen LogP contribution >= 0.6 is 11.6 Å². The molecule has 0 aliphatic heterocycles. The predicted molar refractivity (Wildman–Crippen MR) is 187 cm³/mol. The molecule has 0 aliphatic carbocycles. The molecular formula is C41H26ClN3. The zero-order valence-electron chi connectivity index (χ0n) is 29.8. The lowest BCUT2D eigenvalue weighted by atomic mass is 9.91. The van der Waals surface area contributed by atoms with Gasteiger partial charge in [-0.25, -0.2) is 4.98 Å².